The van der Waals surface area contributed by atoms with Gasteiger partial charge < -0.3 is 15.4 Å². The van der Waals surface area contributed by atoms with Gasteiger partial charge in [-0.3, -0.25) is 0 Å². The quantitative estimate of drug-likeness (QED) is 0.723. The zero-order chi connectivity index (χ0) is 16.8. The number of ether oxygens (including phenoxy) is 1. The molecule has 6 heteroatoms. The van der Waals surface area contributed by atoms with Crippen molar-refractivity contribution in [3.63, 3.8) is 0 Å². The van der Waals surface area contributed by atoms with Crippen molar-refractivity contribution in [3.8, 4) is 5.75 Å². The van der Waals surface area contributed by atoms with Crippen LogP contribution in [0.25, 0.3) is 0 Å². The summed E-state index contributed by atoms with van der Waals surface area (Å²) in [6, 6.07) is 15.9. The SMILES string of the molecule is COc1ccccc1CNc1cnnc(Nc2cccc(C)c2)n1. The number of para-hydroxylation sites is 1. The molecule has 0 unspecified atom stereocenters. The zero-order valence-corrected chi connectivity index (χ0v) is 13.7. The van der Waals surface area contributed by atoms with Gasteiger partial charge in [-0.2, -0.15) is 10.1 Å². The summed E-state index contributed by atoms with van der Waals surface area (Å²) in [4.78, 5) is 4.43. The Morgan fingerprint density at radius 1 is 1.08 bits per heavy atom. The number of aryl methyl sites for hydroxylation is 1. The van der Waals surface area contributed by atoms with E-state index in [2.05, 4.69) is 25.8 Å². The number of nitrogens with one attached hydrogen (secondary N) is 2. The lowest BCUT2D eigenvalue weighted by atomic mass is 10.2. The first-order valence-corrected chi connectivity index (χ1v) is 7.64. The molecule has 0 aliphatic carbocycles. The Labute approximate surface area is 140 Å². The smallest absolute Gasteiger partial charge is 0.249 e. The fraction of sp³-hybridized carbons (Fsp3) is 0.167. The number of methoxy groups -OCH3 is 1. The molecule has 122 valence electrons. The van der Waals surface area contributed by atoms with Crippen molar-refractivity contribution in [2.45, 2.75) is 13.5 Å². The van der Waals surface area contributed by atoms with Gasteiger partial charge in [0, 0.05) is 17.8 Å². The molecule has 1 aromatic heterocycles. The maximum absolute atomic E-state index is 5.35. The summed E-state index contributed by atoms with van der Waals surface area (Å²) < 4.78 is 5.35. The highest BCUT2D eigenvalue weighted by Gasteiger charge is 2.04. The van der Waals surface area contributed by atoms with Gasteiger partial charge in [0.2, 0.25) is 5.95 Å². The largest absolute Gasteiger partial charge is 0.496 e. The summed E-state index contributed by atoms with van der Waals surface area (Å²) in [5, 5.41) is 14.4. The molecule has 0 amide bonds. The van der Waals surface area contributed by atoms with Gasteiger partial charge in [-0.25, -0.2) is 0 Å². The van der Waals surface area contributed by atoms with E-state index in [-0.39, 0.29) is 0 Å². The Hall–Kier alpha value is -3.15. The second kappa shape index (κ2) is 7.41. The fourth-order valence-corrected chi connectivity index (χ4v) is 2.33. The molecule has 3 rings (SSSR count). The minimum atomic E-state index is 0.450. The molecule has 6 nitrogen and oxygen atoms in total. The average Bonchev–Trinajstić information content (AvgIpc) is 2.60. The van der Waals surface area contributed by atoms with Gasteiger partial charge in [-0.15, -0.1) is 5.10 Å². The molecular formula is C18H19N5O. The van der Waals surface area contributed by atoms with E-state index in [1.165, 1.54) is 5.56 Å². The highest BCUT2D eigenvalue weighted by molar-refractivity contribution is 5.55. The zero-order valence-electron chi connectivity index (χ0n) is 13.7. The first-order chi connectivity index (χ1) is 11.7. The van der Waals surface area contributed by atoms with Crippen LogP contribution in [-0.2, 0) is 6.54 Å². The molecular weight excluding hydrogens is 302 g/mol. The Morgan fingerprint density at radius 3 is 2.79 bits per heavy atom. The minimum Gasteiger partial charge on any atom is -0.496 e. The molecule has 0 aliphatic heterocycles. The van der Waals surface area contributed by atoms with Crippen LogP contribution in [0.3, 0.4) is 0 Å². The van der Waals surface area contributed by atoms with E-state index in [0.717, 1.165) is 17.0 Å². The number of anilines is 3. The maximum Gasteiger partial charge on any atom is 0.249 e. The lowest BCUT2D eigenvalue weighted by Gasteiger charge is -2.10. The van der Waals surface area contributed by atoms with Crippen LogP contribution < -0.4 is 15.4 Å². The van der Waals surface area contributed by atoms with Gasteiger partial charge in [-0.1, -0.05) is 30.3 Å². The monoisotopic (exact) mass is 321 g/mol. The van der Waals surface area contributed by atoms with Crippen molar-refractivity contribution in [2.75, 3.05) is 17.7 Å². The van der Waals surface area contributed by atoms with Gasteiger partial charge in [0.25, 0.3) is 0 Å². The molecule has 3 aromatic rings. The molecule has 0 atom stereocenters. The van der Waals surface area contributed by atoms with E-state index in [1.807, 2.05) is 55.5 Å². The highest BCUT2D eigenvalue weighted by atomic mass is 16.5. The van der Waals surface area contributed by atoms with Crippen LogP contribution in [0, 0.1) is 6.92 Å². The molecule has 0 saturated carbocycles. The van der Waals surface area contributed by atoms with E-state index >= 15 is 0 Å². The van der Waals surface area contributed by atoms with Crippen molar-refractivity contribution in [1.29, 1.82) is 0 Å². The number of nitrogens with zero attached hydrogens (tertiary/aromatic N) is 3. The molecule has 0 bridgehead atoms. The molecule has 2 aromatic carbocycles. The number of hydrogen-bond donors (Lipinski definition) is 2. The van der Waals surface area contributed by atoms with E-state index in [1.54, 1.807) is 13.3 Å². The Kier molecular flexibility index (Phi) is 4.86. The molecule has 2 N–H and O–H groups in total. The maximum atomic E-state index is 5.35. The predicted molar refractivity (Wildman–Crippen MR) is 94.6 cm³/mol. The summed E-state index contributed by atoms with van der Waals surface area (Å²) in [6.07, 6.45) is 1.59. The summed E-state index contributed by atoms with van der Waals surface area (Å²) in [6.45, 7) is 2.63. The van der Waals surface area contributed by atoms with E-state index < -0.39 is 0 Å². The van der Waals surface area contributed by atoms with Gasteiger partial charge in [0.05, 0.1) is 13.3 Å². The van der Waals surface area contributed by atoms with Crippen molar-refractivity contribution >= 4 is 17.5 Å². The van der Waals surface area contributed by atoms with Gasteiger partial charge in [0.15, 0.2) is 5.82 Å². The lowest BCUT2D eigenvalue weighted by molar-refractivity contribution is 0.410. The fourth-order valence-electron chi connectivity index (χ4n) is 2.33. The standard InChI is InChI=1S/C18H19N5O/c1-13-6-5-8-15(10-13)21-18-22-17(12-20-23-18)19-11-14-7-3-4-9-16(14)24-2/h3-10,12H,11H2,1-2H3,(H2,19,21,22,23). The summed E-state index contributed by atoms with van der Waals surface area (Å²) >= 11 is 0. The molecule has 0 spiro atoms. The Balaban J connectivity index is 1.69. The van der Waals surface area contributed by atoms with Crippen molar-refractivity contribution < 1.29 is 4.74 Å². The molecule has 0 radical (unpaired) electrons. The Bertz CT molecular complexity index is 822. The third-order valence-electron chi connectivity index (χ3n) is 3.49. The third kappa shape index (κ3) is 3.98. The second-order valence-corrected chi connectivity index (χ2v) is 5.33. The minimum absolute atomic E-state index is 0.450. The average molecular weight is 321 g/mol. The molecule has 1 heterocycles. The van der Waals surface area contributed by atoms with Crippen LogP contribution in [-0.4, -0.2) is 22.3 Å². The highest BCUT2D eigenvalue weighted by Crippen LogP contribution is 2.19. The molecule has 24 heavy (non-hydrogen) atoms. The summed E-state index contributed by atoms with van der Waals surface area (Å²) in [5.41, 5.74) is 3.14. The van der Waals surface area contributed by atoms with Crippen LogP contribution in [0.2, 0.25) is 0 Å². The summed E-state index contributed by atoms with van der Waals surface area (Å²) in [5.74, 6) is 1.93. The van der Waals surface area contributed by atoms with Gasteiger partial charge in [-0.05, 0) is 30.7 Å². The summed E-state index contributed by atoms with van der Waals surface area (Å²) in [7, 11) is 1.66. The first kappa shape index (κ1) is 15.7. The normalized spacial score (nSPS) is 10.2. The third-order valence-corrected chi connectivity index (χ3v) is 3.49. The van der Waals surface area contributed by atoms with Gasteiger partial charge >= 0.3 is 0 Å². The topological polar surface area (TPSA) is 72.0 Å². The lowest BCUT2D eigenvalue weighted by Crippen LogP contribution is -2.06. The van der Waals surface area contributed by atoms with Crippen LogP contribution in [0.1, 0.15) is 11.1 Å². The van der Waals surface area contributed by atoms with Gasteiger partial charge in [0.1, 0.15) is 5.75 Å². The van der Waals surface area contributed by atoms with E-state index in [0.29, 0.717) is 18.3 Å². The second-order valence-electron chi connectivity index (χ2n) is 5.33. The van der Waals surface area contributed by atoms with Crippen LogP contribution in [0.4, 0.5) is 17.5 Å². The predicted octanol–water partition coefficient (Wildman–Crippen LogP) is 3.54. The van der Waals surface area contributed by atoms with Crippen molar-refractivity contribution in [1.82, 2.24) is 15.2 Å². The van der Waals surface area contributed by atoms with Crippen LogP contribution in [0.15, 0.2) is 54.7 Å². The molecule has 0 fully saturated rings. The van der Waals surface area contributed by atoms with E-state index in [4.69, 9.17) is 4.74 Å². The van der Waals surface area contributed by atoms with Crippen molar-refractivity contribution in [3.05, 3.63) is 65.9 Å². The molecule has 0 aliphatic rings. The van der Waals surface area contributed by atoms with Crippen LogP contribution >= 0.6 is 0 Å². The van der Waals surface area contributed by atoms with Crippen molar-refractivity contribution in [2.24, 2.45) is 0 Å². The number of rotatable bonds is 6. The van der Waals surface area contributed by atoms with E-state index in [9.17, 15) is 0 Å². The number of benzene rings is 2. The number of aromatic nitrogens is 3. The Morgan fingerprint density at radius 2 is 1.96 bits per heavy atom. The first-order valence-electron chi connectivity index (χ1n) is 7.64. The molecule has 0 saturated heterocycles. The number of hydrogen-bond acceptors (Lipinski definition) is 6. The van der Waals surface area contributed by atoms with Crippen LogP contribution in [0.5, 0.6) is 5.75 Å².